The third-order valence-corrected chi connectivity index (χ3v) is 7.92. The molecule has 0 saturated heterocycles. The van der Waals surface area contributed by atoms with E-state index in [1.54, 1.807) is 24.3 Å². The molecule has 162 valence electrons. The largest absolute Gasteiger partial charge is 0.387 e. The second-order valence-corrected chi connectivity index (χ2v) is 10.0. The molecule has 1 aliphatic heterocycles. The highest BCUT2D eigenvalue weighted by molar-refractivity contribution is 7.89. The van der Waals surface area contributed by atoms with Gasteiger partial charge in [-0.1, -0.05) is 60.7 Å². The molecule has 6 heteroatoms. The summed E-state index contributed by atoms with van der Waals surface area (Å²) in [5, 5.41) is 11.2. The summed E-state index contributed by atoms with van der Waals surface area (Å²) in [6.07, 6.45) is 0.145. The van der Waals surface area contributed by atoms with Crippen molar-refractivity contribution in [2.24, 2.45) is 0 Å². The average Bonchev–Trinajstić information content (AvgIpc) is 2.78. The van der Waals surface area contributed by atoms with Crippen molar-refractivity contribution in [1.29, 1.82) is 0 Å². The maximum Gasteiger partial charge on any atom is 0.243 e. The molecule has 0 fully saturated rings. The van der Waals surface area contributed by atoms with E-state index in [0.717, 1.165) is 16.8 Å². The first-order valence-corrected chi connectivity index (χ1v) is 11.9. The Morgan fingerprint density at radius 2 is 1.52 bits per heavy atom. The quantitative estimate of drug-likeness (QED) is 0.641. The van der Waals surface area contributed by atoms with E-state index in [1.807, 2.05) is 73.6 Å². The lowest BCUT2D eigenvalue weighted by Crippen LogP contribution is -2.49. The van der Waals surface area contributed by atoms with Crippen LogP contribution >= 0.6 is 0 Å². The summed E-state index contributed by atoms with van der Waals surface area (Å²) in [6, 6.07) is 24.1. The molecule has 0 bridgehead atoms. The molecule has 1 aliphatic rings. The summed E-state index contributed by atoms with van der Waals surface area (Å²) in [7, 11) is 0.250. The van der Waals surface area contributed by atoms with Gasteiger partial charge in [0.15, 0.2) is 0 Å². The zero-order chi connectivity index (χ0) is 22.0. The summed E-state index contributed by atoms with van der Waals surface area (Å²) in [6.45, 7) is 0.318. The van der Waals surface area contributed by atoms with Crippen LogP contribution in [-0.4, -0.2) is 44.5 Å². The first kappa shape index (κ1) is 21.6. The number of anilines is 1. The van der Waals surface area contributed by atoms with Crippen molar-refractivity contribution in [2.75, 3.05) is 25.5 Å². The Balaban J connectivity index is 1.68. The molecule has 2 atom stereocenters. The number of rotatable bonds is 6. The van der Waals surface area contributed by atoms with E-state index >= 15 is 0 Å². The molecule has 1 N–H and O–H groups in total. The normalized spacial score (nSPS) is 20.2. The summed E-state index contributed by atoms with van der Waals surface area (Å²) < 4.78 is 28.5. The van der Waals surface area contributed by atoms with Crippen LogP contribution in [0.1, 0.15) is 22.8 Å². The van der Waals surface area contributed by atoms with Crippen molar-refractivity contribution < 1.29 is 13.5 Å². The lowest BCUT2D eigenvalue weighted by molar-refractivity contribution is 0.0801. The molecular weight excluding hydrogens is 408 g/mol. The fourth-order valence-corrected chi connectivity index (χ4v) is 6.05. The Hall–Kier alpha value is -2.67. The molecular formula is C25H28N2O3S. The standard InChI is InChI=1S/C25H28N2O3S/c1-26(2)21-14-12-20(13-15-21)18-23-25(28)22-10-6-7-11-24(22)31(29,30)27(23)17-16-19-8-4-3-5-9-19/h3-15,23,25,28H,16-18H2,1-2H3/t23-,25-/m1/s1. The van der Waals surface area contributed by atoms with Crippen molar-refractivity contribution in [3.05, 3.63) is 95.6 Å². The minimum absolute atomic E-state index is 0.203. The Morgan fingerprint density at radius 3 is 2.19 bits per heavy atom. The van der Waals surface area contributed by atoms with E-state index in [4.69, 9.17) is 0 Å². The minimum atomic E-state index is -3.71. The maximum absolute atomic E-state index is 13.5. The summed E-state index contributed by atoms with van der Waals surface area (Å²) in [5.41, 5.74) is 3.62. The summed E-state index contributed by atoms with van der Waals surface area (Å²) in [5.74, 6) is 0. The van der Waals surface area contributed by atoms with Crippen LogP contribution in [0.4, 0.5) is 5.69 Å². The lowest BCUT2D eigenvalue weighted by Gasteiger charge is -2.39. The number of aliphatic hydroxyl groups is 1. The maximum atomic E-state index is 13.5. The van der Waals surface area contributed by atoms with Gasteiger partial charge in [0.1, 0.15) is 0 Å². The van der Waals surface area contributed by atoms with Gasteiger partial charge in [-0.15, -0.1) is 0 Å². The number of fused-ring (bicyclic) bond motifs is 1. The van der Waals surface area contributed by atoms with Crippen LogP contribution in [0, 0.1) is 0 Å². The molecule has 0 aliphatic carbocycles. The number of hydrogen-bond donors (Lipinski definition) is 1. The predicted molar refractivity (Wildman–Crippen MR) is 124 cm³/mol. The number of hydrogen-bond acceptors (Lipinski definition) is 4. The van der Waals surface area contributed by atoms with E-state index < -0.39 is 22.2 Å². The van der Waals surface area contributed by atoms with Crippen molar-refractivity contribution in [3.8, 4) is 0 Å². The average molecular weight is 437 g/mol. The molecule has 0 aromatic heterocycles. The lowest BCUT2D eigenvalue weighted by atomic mass is 9.95. The fourth-order valence-electron chi connectivity index (χ4n) is 4.18. The minimum Gasteiger partial charge on any atom is -0.387 e. The molecule has 0 amide bonds. The molecule has 4 rings (SSSR count). The number of aliphatic hydroxyl groups excluding tert-OH is 1. The third-order valence-electron chi connectivity index (χ3n) is 5.92. The van der Waals surface area contributed by atoms with Crippen LogP contribution in [-0.2, 0) is 22.9 Å². The van der Waals surface area contributed by atoms with E-state index in [9.17, 15) is 13.5 Å². The van der Waals surface area contributed by atoms with Gasteiger partial charge in [0.05, 0.1) is 17.0 Å². The number of benzene rings is 3. The highest BCUT2D eigenvalue weighted by atomic mass is 32.2. The SMILES string of the molecule is CN(C)c1ccc(C[C@@H]2[C@H](O)c3ccccc3S(=O)(=O)N2CCc2ccccc2)cc1. The first-order chi connectivity index (χ1) is 14.9. The monoisotopic (exact) mass is 436 g/mol. The zero-order valence-corrected chi connectivity index (χ0v) is 18.7. The molecule has 3 aromatic rings. The van der Waals surface area contributed by atoms with Gasteiger partial charge in [-0.25, -0.2) is 8.42 Å². The van der Waals surface area contributed by atoms with Gasteiger partial charge in [-0.2, -0.15) is 4.31 Å². The van der Waals surface area contributed by atoms with E-state index in [1.165, 1.54) is 4.31 Å². The second-order valence-electron chi connectivity index (χ2n) is 8.17. The molecule has 31 heavy (non-hydrogen) atoms. The second kappa shape index (κ2) is 8.83. The first-order valence-electron chi connectivity index (χ1n) is 10.5. The van der Waals surface area contributed by atoms with Crippen LogP contribution < -0.4 is 4.90 Å². The van der Waals surface area contributed by atoms with Gasteiger partial charge < -0.3 is 10.0 Å². The van der Waals surface area contributed by atoms with Crippen molar-refractivity contribution in [3.63, 3.8) is 0 Å². The molecule has 5 nitrogen and oxygen atoms in total. The van der Waals surface area contributed by atoms with Gasteiger partial charge in [0, 0.05) is 31.9 Å². The van der Waals surface area contributed by atoms with Gasteiger partial charge in [-0.3, -0.25) is 0 Å². The highest BCUT2D eigenvalue weighted by Crippen LogP contribution is 2.38. The molecule has 0 unspecified atom stereocenters. The number of sulfonamides is 1. The van der Waals surface area contributed by atoms with E-state index in [-0.39, 0.29) is 4.90 Å². The van der Waals surface area contributed by atoms with Crippen LogP contribution in [0.25, 0.3) is 0 Å². The van der Waals surface area contributed by atoms with Crippen LogP contribution in [0.5, 0.6) is 0 Å². The highest BCUT2D eigenvalue weighted by Gasteiger charge is 2.43. The van der Waals surface area contributed by atoms with Crippen molar-refractivity contribution in [2.45, 2.75) is 29.9 Å². The Labute approximate surface area is 184 Å². The van der Waals surface area contributed by atoms with Crippen molar-refractivity contribution >= 4 is 15.7 Å². The predicted octanol–water partition coefficient (Wildman–Crippen LogP) is 3.64. The molecule has 0 radical (unpaired) electrons. The smallest absolute Gasteiger partial charge is 0.243 e. The van der Waals surface area contributed by atoms with Crippen LogP contribution in [0.15, 0.2) is 83.8 Å². The Morgan fingerprint density at radius 1 is 0.871 bits per heavy atom. The molecule has 1 heterocycles. The number of nitrogens with zero attached hydrogens (tertiary/aromatic N) is 2. The van der Waals surface area contributed by atoms with Crippen LogP contribution in [0.2, 0.25) is 0 Å². The molecule has 0 saturated carbocycles. The summed E-state index contributed by atoms with van der Waals surface area (Å²) in [4.78, 5) is 2.22. The Kier molecular flexibility index (Phi) is 6.14. The van der Waals surface area contributed by atoms with Gasteiger partial charge in [0.25, 0.3) is 0 Å². The summed E-state index contributed by atoms with van der Waals surface area (Å²) >= 11 is 0. The fraction of sp³-hybridized carbons (Fsp3) is 0.280. The topological polar surface area (TPSA) is 60.9 Å². The Bertz CT molecular complexity index is 1130. The van der Waals surface area contributed by atoms with E-state index in [0.29, 0.717) is 24.9 Å². The van der Waals surface area contributed by atoms with E-state index in [2.05, 4.69) is 0 Å². The van der Waals surface area contributed by atoms with Gasteiger partial charge in [0.2, 0.25) is 10.0 Å². The molecule has 3 aromatic carbocycles. The third kappa shape index (κ3) is 4.37. The van der Waals surface area contributed by atoms with Gasteiger partial charge >= 0.3 is 0 Å². The molecule has 0 spiro atoms. The van der Waals surface area contributed by atoms with Gasteiger partial charge in [-0.05, 0) is 42.2 Å². The van der Waals surface area contributed by atoms with Crippen LogP contribution in [0.3, 0.4) is 0 Å². The van der Waals surface area contributed by atoms with Crippen molar-refractivity contribution in [1.82, 2.24) is 4.31 Å². The zero-order valence-electron chi connectivity index (χ0n) is 17.8.